The maximum absolute atomic E-state index is 12.0. The van der Waals surface area contributed by atoms with E-state index >= 15 is 0 Å². The SMILES string of the molecule is Cc1ccc(CNC(=O)N[C@H]2CC(=O)NC2=O)c(N2CCCC2)c1. The highest BCUT2D eigenvalue weighted by molar-refractivity contribution is 6.06. The molecule has 1 aromatic rings. The summed E-state index contributed by atoms with van der Waals surface area (Å²) in [7, 11) is 0. The number of amides is 4. The van der Waals surface area contributed by atoms with Gasteiger partial charge in [0.2, 0.25) is 11.8 Å². The Labute approximate surface area is 140 Å². The first kappa shape index (κ1) is 16.3. The molecule has 3 N–H and O–H groups in total. The van der Waals surface area contributed by atoms with Gasteiger partial charge in [0.25, 0.3) is 0 Å². The standard InChI is InChI=1S/C17H22N4O3/c1-11-4-5-12(14(8-11)21-6-2-3-7-21)10-18-17(24)19-13-9-15(22)20-16(13)23/h4-5,8,13H,2-3,6-7,9-10H2,1H3,(H2,18,19,24)(H,20,22,23)/t13-/m0/s1. The third-order valence-corrected chi connectivity index (χ3v) is 4.40. The van der Waals surface area contributed by atoms with Crippen LogP contribution in [0, 0.1) is 6.92 Å². The zero-order valence-corrected chi connectivity index (χ0v) is 13.7. The molecule has 1 aromatic carbocycles. The van der Waals surface area contributed by atoms with Crippen molar-refractivity contribution < 1.29 is 14.4 Å². The van der Waals surface area contributed by atoms with Gasteiger partial charge in [0.15, 0.2) is 0 Å². The van der Waals surface area contributed by atoms with E-state index in [1.807, 2.05) is 12.1 Å². The zero-order valence-electron chi connectivity index (χ0n) is 13.7. The van der Waals surface area contributed by atoms with E-state index in [1.165, 1.54) is 18.4 Å². The van der Waals surface area contributed by atoms with Crippen molar-refractivity contribution in [3.63, 3.8) is 0 Å². The van der Waals surface area contributed by atoms with Crippen LogP contribution in [0.1, 0.15) is 30.4 Å². The third kappa shape index (κ3) is 3.67. The van der Waals surface area contributed by atoms with Crippen molar-refractivity contribution in [3.8, 4) is 0 Å². The van der Waals surface area contributed by atoms with Gasteiger partial charge >= 0.3 is 6.03 Å². The average Bonchev–Trinajstić information content (AvgIpc) is 3.16. The summed E-state index contributed by atoms with van der Waals surface area (Å²) in [6, 6.07) is 4.96. The molecule has 1 atom stereocenters. The average molecular weight is 330 g/mol. The van der Waals surface area contributed by atoms with Crippen molar-refractivity contribution in [2.24, 2.45) is 0 Å². The molecular weight excluding hydrogens is 308 g/mol. The Morgan fingerprint density at radius 3 is 2.71 bits per heavy atom. The molecule has 2 aliphatic rings. The monoisotopic (exact) mass is 330 g/mol. The summed E-state index contributed by atoms with van der Waals surface area (Å²) >= 11 is 0. The molecule has 0 spiro atoms. The van der Waals surface area contributed by atoms with Crippen molar-refractivity contribution in [2.75, 3.05) is 18.0 Å². The number of anilines is 1. The summed E-state index contributed by atoms with van der Waals surface area (Å²) in [6.45, 7) is 4.50. The number of nitrogens with zero attached hydrogens (tertiary/aromatic N) is 1. The van der Waals surface area contributed by atoms with E-state index in [1.54, 1.807) is 0 Å². The van der Waals surface area contributed by atoms with Crippen molar-refractivity contribution in [2.45, 2.75) is 38.8 Å². The smallest absolute Gasteiger partial charge is 0.315 e. The lowest BCUT2D eigenvalue weighted by Crippen LogP contribution is -2.45. The molecule has 0 saturated carbocycles. The molecule has 7 nitrogen and oxygen atoms in total. The second-order valence-corrected chi connectivity index (χ2v) is 6.32. The van der Waals surface area contributed by atoms with Gasteiger partial charge in [0.05, 0.1) is 6.42 Å². The fourth-order valence-electron chi connectivity index (χ4n) is 3.13. The fraction of sp³-hybridized carbons (Fsp3) is 0.471. The number of rotatable bonds is 4. The predicted octanol–water partition coefficient (Wildman–Crippen LogP) is 0.810. The van der Waals surface area contributed by atoms with E-state index in [0.29, 0.717) is 6.54 Å². The van der Waals surface area contributed by atoms with Crippen LogP contribution in [-0.2, 0) is 16.1 Å². The lowest BCUT2D eigenvalue weighted by Gasteiger charge is -2.22. The summed E-state index contributed by atoms with van der Waals surface area (Å²) < 4.78 is 0. The molecule has 2 saturated heterocycles. The number of urea groups is 1. The number of benzene rings is 1. The second kappa shape index (κ2) is 6.90. The molecule has 4 amide bonds. The van der Waals surface area contributed by atoms with E-state index in [-0.39, 0.29) is 12.3 Å². The first-order valence-electron chi connectivity index (χ1n) is 8.25. The zero-order chi connectivity index (χ0) is 17.1. The van der Waals surface area contributed by atoms with Gasteiger partial charge in [0.1, 0.15) is 6.04 Å². The number of aryl methyl sites for hydroxylation is 1. The molecule has 0 radical (unpaired) electrons. The number of nitrogens with one attached hydrogen (secondary N) is 3. The molecule has 7 heteroatoms. The van der Waals surface area contributed by atoms with Gasteiger partial charge in [-0.25, -0.2) is 4.79 Å². The normalized spacial score (nSPS) is 20.2. The van der Waals surface area contributed by atoms with Gasteiger partial charge < -0.3 is 15.5 Å². The van der Waals surface area contributed by atoms with Gasteiger partial charge in [0, 0.05) is 25.3 Å². The van der Waals surface area contributed by atoms with Crippen LogP contribution in [0.5, 0.6) is 0 Å². The Bertz CT molecular complexity index is 668. The van der Waals surface area contributed by atoms with Crippen LogP contribution in [-0.4, -0.2) is 37.0 Å². The Morgan fingerprint density at radius 1 is 1.29 bits per heavy atom. The molecule has 128 valence electrons. The molecule has 0 aliphatic carbocycles. The molecule has 0 unspecified atom stereocenters. The van der Waals surface area contributed by atoms with E-state index in [4.69, 9.17) is 0 Å². The third-order valence-electron chi connectivity index (χ3n) is 4.40. The largest absolute Gasteiger partial charge is 0.371 e. The van der Waals surface area contributed by atoms with Crippen LogP contribution in [0.25, 0.3) is 0 Å². The van der Waals surface area contributed by atoms with Crippen molar-refractivity contribution in [1.29, 1.82) is 0 Å². The summed E-state index contributed by atoms with van der Waals surface area (Å²) in [4.78, 5) is 37.0. The van der Waals surface area contributed by atoms with E-state index in [2.05, 4.69) is 33.8 Å². The number of carbonyl (C=O) groups excluding carboxylic acids is 3. The van der Waals surface area contributed by atoms with Gasteiger partial charge in [-0.15, -0.1) is 0 Å². The van der Waals surface area contributed by atoms with Gasteiger partial charge in [-0.1, -0.05) is 12.1 Å². The maximum Gasteiger partial charge on any atom is 0.315 e. The van der Waals surface area contributed by atoms with Gasteiger partial charge in [-0.3, -0.25) is 14.9 Å². The van der Waals surface area contributed by atoms with Crippen LogP contribution >= 0.6 is 0 Å². The molecule has 2 heterocycles. The first-order valence-corrected chi connectivity index (χ1v) is 8.25. The van der Waals surface area contributed by atoms with E-state index in [9.17, 15) is 14.4 Å². The number of imide groups is 1. The number of hydrogen-bond donors (Lipinski definition) is 3. The summed E-state index contributed by atoms with van der Waals surface area (Å²) in [5.41, 5.74) is 3.39. The fourth-order valence-corrected chi connectivity index (χ4v) is 3.13. The molecule has 3 rings (SSSR count). The molecular formula is C17H22N4O3. The lowest BCUT2D eigenvalue weighted by atomic mass is 10.1. The van der Waals surface area contributed by atoms with Gasteiger partial charge in [-0.05, 0) is 37.0 Å². The quantitative estimate of drug-likeness (QED) is 0.713. The summed E-state index contributed by atoms with van der Waals surface area (Å²) in [5, 5.41) is 7.48. The Hall–Kier alpha value is -2.57. The number of hydrogen-bond acceptors (Lipinski definition) is 4. The summed E-state index contributed by atoms with van der Waals surface area (Å²) in [6.07, 6.45) is 2.37. The Morgan fingerprint density at radius 2 is 2.04 bits per heavy atom. The molecule has 0 aromatic heterocycles. The van der Waals surface area contributed by atoms with Gasteiger partial charge in [-0.2, -0.15) is 0 Å². The highest BCUT2D eigenvalue weighted by atomic mass is 16.2. The first-order chi connectivity index (χ1) is 11.5. The number of carbonyl (C=O) groups is 3. The van der Waals surface area contributed by atoms with Crippen LogP contribution in [0.4, 0.5) is 10.5 Å². The van der Waals surface area contributed by atoms with Crippen LogP contribution < -0.4 is 20.9 Å². The van der Waals surface area contributed by atoms with Crippen LogP contribution in [0.15, 0.2) is 18.2 Å². The van der Waals surface area contributed by atoms with E-state index < -0.39 is 18.0 Å². The molecule has 2 fully saturated rings. The van der Waals surface area contributed by atoms with Crippen LogP contribution in [0.3, 0.4) is 0 Å². The molecule has 24 heavy (non-hydrogen) atoms. The molecule has 0 bridgehead atoms. The second-order valence-electron chi connectivity index (χ2n) is 6.32. The Kier molecular flexibility index (Phi) is 4.69. The van der Waals surface area contributed by atoms with Crippen molar-refractivity contribution in [1.82, 2.24) is 16.0 Å². The minimum absolute atomic E-state index is 0.00415. The molecule has 2 aliphatic heterocycles. The Balaban J connectivity index is 1.61. The highest BCUT2D eigenvalue weighted by Crippen LogP contribution is 2.25. The predicted molar refractivity (Wildman–Crippen MR) is 89.6 cm³/mol. The van der Waals surface area contributed by atoms with Crippen molar-refractivity contribution >= 4 is 23.5 Å². The summed E-state index contributed by atoms with van der Waals surface area (Å²) in [5.74, 6) is -0.816. The minimum atomic E-state index is -0.784. The van der Waals surface area contributed by atoms with Crippen LogP contribution in [0.2, 0.25) is 0 Å². The van der Waals surface area contributed by atoms with Crippen molar-refractivity contribution in [3.05, 3.63) is 29.3 Å². The topological polar surface area (TPSA) is 90.5 Å². The highest BCUT2D eigenvalue weighted by Gasteiger charge is 2.31. The lowest BCUT2D eigenvalue weighted by molar-refractivity contribution is -0.125. The maximum atomic E-state index is 12.0. The van der Waals surface area contributed by atoms with E-state index in [0.717, 1.165) is 24.3 Å². The minimum Gasteiger partial charge on any atom is -0.371 e.